The predicted molar refractivity (Wildman–Crippen MR) is 106 cm³/mol. The molecule has 3 heterocycles. The Balaban J connectivity index is 1.36. The number of amides is 2. The fourth-order valence-electron chi connectivity index (χ4n) is 3.43. The second-order valence-electron chi connectivity index (χ2n) is 7.00. The van der Waals surface area contributed by atoms with Gasteiger partial charge >= 0.3 is 6.03 Å². The smallest absolute Gasteiger partial charge is 0.319 e. The minimum atomic E-state index is -0.318. The van der Waals surface area contributed by atoms with Crippen molar-refractivity contribution in [2.75, 3.05) is 36.5 Å². The SMILES string of the molecule is Cc1cc(N2CCCCC2)nc(CNC(=O)Nc2ccc3c(c2)OCCO3)n1. The molecule has 8 heteroatoms. The zero-order valence-corrected chi connectivity index (χ0v) is 16.0. The largest absolute Gasteiger partial charge is 0.486 e. The number of urea groups is 1. The summed E-state index contributed by atoms with van der Waals surface area (Å²) < 4.78 is 11.0. The van der Waals surface area contributed by atoms with E-state index in [4.69, 9.17) is 9.47 Å². The maximum atomic E-state index is 12.3. The number of nitrogens with one attached hydrogen (secondary N) is 2. The van der Waals surface area contributed by atoms with Gasteiger partial charge in [0.1, 0.15) is 24.9 Å². The molecule has 2 aliphatic heterocycles. The third kappa shape index (κ3) is 4.44. The number of rotatable bonds is 4. The van der Waals surface area contributed by atoms with E-state index in [-0.39, 0.29) is 12.6 Å². The summed E-state index contributed by atoms with van der Waals surface area (Å²) in [6, 6.07) is 7.01. The highest BCUT2D eigenvalue weighted by atomic mass is 16.6. The molecule has 1 saturated heterocycles. The number of aromatic nitrogens is 2. The molecular formula is C20H25N5O3. The Labute approximate surface area is 164 Å². The third-order valence-electron chi connectivity index (χ3n) is 4.77. The van der Waals surface area contributed by atoms with Gasteiger partial charge in [0.25, 0.3) is 0 Å². The lowest BCUT2D eigenvalue weighted by atomic mass is 10.1. The highest BCUT2D eigenvalue weighted by molar-refractivity contribution is 5.89. The first-order chi connectivity index (χ1) is 13.7. The minimum absolute atomic E-state index is 0.263. The minimum Gasteiger partial charge on any atom is -0.486 e. The number of ether oxygens (including phenoxy) is 2. The fraction of sp³-hybridized carbons (Fsp3) is 0.450. The molecule has 0 unspecified atom stereocenters. The Morgan fingerprint density at radius 1 is 1.07 bits per heavy atom. The van der Waals surface area contributed by atoms with Crippen LogP contribution >= 0.6 is 0 Å². The summed E-state index contributed by atoms with van der Waals surface area (Å²) in [7, 11) is 0. The van der Waals surface area contributed by atoms with E-state index < -0.39 is 0 Å². The summed E-state index contributed by atoms with van der Waals surface area (Å²) in [5, 5.41) is 5.62. The number of hydrogen-bond acceptors (Lipinski definition) is 6. The topological polar surface area (TPSA) is 88.6 Å². The van der Waals surface area contributed by atoms with E-state index in [9.17, 15) is 4.79 Å². The van der Waals surface area contributed by atoms with Crippen molar-refractivity contribution in [2.45, 2.75) is 32.7 Å². The van der Waals surface area contributed by atoms with Gasteiger partial charge in [0, 0.05) is 36.6 Å². The van der Waals surface area contributed by atoms with Crippen molar-refractivity contribution >= 4 is 17.5 Å². The van der Waals surface area contributed by atoms with Gasteiger partial charge in [0.2, 0.25) is 0 Å². The van der Waals surface area contributed by atoms with E-state index >= 15 is 0 Å². The Hall–Kier alpha value is -3.03. The lowest BCUT2D eigenvalue weighted by molar-refractivity contribution is 0.171. The van der Waals surface area contributed by atoms with Gasteiger partial charge < -0.3 is 25.0 Å². The standard InChI is InChI=1S/C20H25N5O3/c1-14-11-19(25-7-3-2-4-8-25)24-18(22-14)13-21-20(26)23-15-5-6-16-17(12-15)28-10-9-27-16/h5-6,11-12H,2-4,7-10,13H2,1H3,(H2,21,23,26). The van der Waals surface area contributed by atoms with Crippen LogP contribution in [0.1, 0.15) is 30.8 Å². The molecule has 1 fully saturated rings. The van der Waals surface area contributed by atoms with E-state index in [2.05, 4.69) is 25.5 Å². The van der Waals surface area contributed by atoms with Gasteiger partial charge in [-0.25, -0.2) is 14.8 Å². The third-order valence-corrected chi connectivity index (χ3v) is 4.77. The van der Waals surface area contributed by atoms with E-state index in [1.807, 2.05) is 13.0 Å². The number of carbonyl (C=O) groups excluding carboxylic acids is 1. The van der Waals surface area contributed by atoms with E-state index in [0.717, 1.165) is 24.6 Å². The highest BCUT2D eigenvalue weighted by Gasteiger charge is 2.15. The van der Waals surface area contributed by atoms with Crippen LogP contribution in [0, 0.1) is 6.92 Å². The van der Waals surface area contributed by atoms with Crippen LogP contribution < -0.4 is 25.0 Å². The van der Waals surface area contributed by atoms with Gasteiger partial charge in [-0.3, -0.25) is 0 Å². The van der Waals surface area contributed by atoms with E-state index in [0.29, 0.717) is 36.2 Å². The first-order valence-corrected chi connectivity index (χ1v) is 9.71. The molecule has 0 bridgehead atoms. The predicted octanol–water partition coefficient (Wildman–Crippen LogP) is 2.87. The van der Waals surface area contributed by atoms with Crippen LogP contribution in [0.5, 0.6) is 11.5 Å². The van der Waals surface area contributed by atoms with Crippen LogP contribution in [-0.2, 0) is 6.54 Å². The zero-order valence-electron chi connectivity index (χ0n) is 16.0. The molecule has 0 saturated carbocycles. The number of benzene rings is 1. The van der Waals surface area contributed by atoms with Gasteiger partial charge in [-0.1, -0.05) is 0 Å². The normalized spacial score (nSPS) is 15.8. The molecule has 2 N–H and O–H groups in total. The van der Waals surface area contributed by atoms with Gasteiger partial charge in [0.05, 0.1) is 6.54 Å². The van der Waals surface area contributed by atoms with Crippen molar-refractivity contribution in [1.82, 2.24) is 15.3 Å². The first kappa shape index (κ1) is 18.3. The van der Waals surface area contributed by atoms with Crippen molar-refractivity contribution in [3.63, 3.8) is 0 Å². The van der Waals surface area contributed by atoms with Crippen LogP contribution in [0.4, 0.5) is 16.3 Å². The van der Waals surface area contributed by atoms with Crippen molar-refractivity contribution in [3.05, 3.63) is 35.8 Å². The monoisotopic (exact) mass is 383 g/mol. The maximum Gasteiger partial charge on any atom is 0.319 e. The van der Waals surface area contributed by atoms with Gasteiger partial charge in [-0.05, 0) is 38.3 Å². The Bertz CT molecular complexity index is 852. The molecule has 1 aromatic heterocycles. The summed E-state index contributed by atoms with van der Waals surface area (Å²) in [4.78, 5) is 23.6. The van der Waals surface area contributed by atoms with Crippen LogP contribution in [-0.4, -0.2) is 42.3 Å². The molecule has 148 valence electrons. The van der Waals surface area contributed by atoms with Crippen molar-refractivity contribution in [3.8, 4) is 11.5 Å². The molecule has 2 amide bonds. The van der Waals surface area contributed by atoms with Crippen LogP contribution in [0.3, 0.4) is 0 Å². The number of anilines is 2. The van der Waals surface area contributed by atoms with Crippen molar-refractivity contribution in [2.24, 2.45) is 0 Å². The number of piperidine rings is 1. The van der Waals surface area contributed by atoms with Crippen LogP contribution in [0.2, 0.25) is 0 Å². The molecule has 28 heavy (non-hydrogen) atoms. The second-order valence-corrected chi connectivity index (χ2v) is 7.00. The summed E-state index contributed by atoms with van der Waals surface area (Å²) in [6.45, 7) is 5.30. The van der Waals surface area contributed by atoms with Crippen LogP contribution in [0.25, 0.3) is 0 Å². The Morgan fingerprint density at radius 3 is 2.68 bits per heavy atom. The fourth-order valence-corrected chi connectivity index (χ4v) is 3.43. The van der Waals surface area contributed by atoms with Crippen LogP contribution in [0.15, 0.2) is 24.3 Å². The van der Waals surface area contributed by atoms with Gasteiger partial charge in [0.15, 0.2) is 11.5 Å². The molecule has 4 rings (SSSR count). The number of fused-ring (bicyclic) bond motifs is 1. The van der Waals surface area contributed by atoms with E-state index in [1.54, 1.807) is 18.2 Å². The molecule has 0 spiro atoms. The lowest BCUT2D eigenvalue weighted by Crippen LogP contribution is -2.32. The number of carbonyl (C=O) groups is 1. The Kier molecular flexibility index (Phi) is 5.45. The molecule has 0 aliphatic carbocycles. The molecule has 2 aliphatic rings. The molecule has 0 atom stereocenters. The molecule has 8 nitrogen and oxygen atoms in total. The maximum absolute atomic E-state index is 12.3. The summed E-state index contributed by atoms with van der Waals surface area (Å²) in [5.74, 6) is 2.88. The molecule has 0 radical (unpaired) electrons. The zero-order chi connectivity index (χ0) is 19.3. The average Bonchev–Trinajstić information content (AvgIpc) is 2.72. The second kappa shape index (κ2) is 8.33. The summed E-state index contributed by atoms with van der Waals surface area (Å²) in [6.07, 6.45) is 3.65. The molecular weight excluding hydrogens is 358 g/mol. The number of hydrogen-bond donors (Lipinski definition) is 2. The van der Waals surface area contributed by atoms with Crippen molar-refractivity contribution in [1.29, 1.82) is 0 Å². The van der Waals surface area contributed by atoms with Gasteiger partial charge in [-0.15, -0.1) is 0 Å². The highest BCUT2D eigenvalue weighted by Crippen LogP contribution is 2.32. The molecule has 2 aromatic rings. The van der Waals surface area contributed by atoms with Crippen molar-refractivity contribution < 1.29 is 14.3 Å². The summed E-state index contributed by atoms with van der Waals surface area (Å²) >= 11 is 0. The first-order valence-electron chi connectivity index (χ1n) is 9.71. The molecule has 1 aromatic carbocycles. The lowest BCUT2D eigenvalue weighted by Gasteiger charge is -2.28. The number of aryl methyl sites for hydroxylation is 1. The number of nitrogens with zero attached hydrogens (tertiary/aromatic N) is 3. The quantitative estimate of drug-likeness (QED) is 0.844. The summed E-state index contributed by atoms with van der Waals surface area (Å²) in [5.41, 5.74) is 1.54. The average molecular weight is 383 g/mol. The van der Waals surface area contributed by atoms with E-state index in [1.165, 1.54) is 19.3 Å². The van der Waals surface area contributed by atoms with Gasteiger partial charge in [-0.2, -0.15) is 0 Å². The Morgan fingerprint density at radius 2 is 1.86 bits per heavy atom.